The summed E-state index contributed by atoms with van der Waals surface area (Å²) in [6.45, 7) is 0.478. The van der Waals surface area contributed by atoms with E-state index in [4.69, 9.17) is 5.11 Å². The highest BCUT2D eigenvalue weighted by Gasteiger charge is 2.31. The van der Waals surface area contributed by atoms with Gasteiger partial charge in [-0.05, 0) is 12.8 Å². The maximum absolute atomic E-state index is 12.0. The van der Waals surface area contributed by atoms with Crippen molar-refractivity contribution >= 4 is 16.2 Å². The van der Waals surface area contributed by atoms with Crippen LogP contribution in [0.15, 0.2) is 12.5 Å². The van der Waals surface area contributed by atoms with Crippen molar-refractivity contribution in [1.82, 2.24) is 19.0 Å². The minimum absolute atomic E-state index is 0.0215. The molecule has 0 aromatic carbocycles. The molecule has 19 heavy (non-hydrogen) atoms. The number of H-pyrrole nitrogens is 1. The fourth-order valence-corrected chi connectivity index (χ4v) is 3.27. The van der Waals surface area contributed by atoms with Gasteiger partial charge in [-0.1, -0.05) is 0 Å². The third kappa shape index (κ3) is 3.52. The third-order valence-corrected chi connectivity index (χ3v) is 4.59. The van der Waals surface area contributed by atoms with Crippen LogP contribution in [0.25, 0.3) is 0 Å². The minimum Gasteiger partial charge on any atom is -0.481 e. The number of carbonyl (C=O) groups is 1. The van der Waals surface area contributed by atoms with Crippen LogP contribution in [0.1, 0.15) is 18.5 Å². The number of aromatic nitrogens is 2. The van der Waals surface area contributed by atoms with Gasteiger partial charge in [-0.2, -0.15) is 17.4 Å². The van der Waals surface area contributed by atoms with Crippen molar-refractivity contribution in [3.8, 4) is 0 Å². The monoisotopic (exact) mass is 288 g/mol. The van der Waals surface area contributed by atoms with Gasteiger partial charge in [0.25, 0.3) is 10.2 Å². The standard InChI is InChI=1S/C10H16N4O4S/c15-10(16)8-2-1-3-14(6-8)19(17,18)13-5-9-4-11-7-12-9/h4,7-8,13H,1-3,5-6H2,(H,11,12)(H,15,16). The smallest absolute Gasteiger partial charge is 0.307 e. The molecule has 1 fully saturated rings. The van der Waals surface area contributed by atoms with E-state index >= 15 is 0 Å². The lowest BCUT2D eigenvalue weighted by molar-refractivity contribution is -0.142. The van der Waals surface area contributed by atoms with Gasteiger partial charge in [0.2, 0.25) is 0 Å². The highest BCUT2D eigenvalue weighted by atomic mass is 32.2. The van der Waals surface area contributed by atoms with Crippen LogP contribution in [0.4, 0.5) is 0 Å². The number of piperidine rings is 1. The lowest BCUT2D eigenvalue weighted by atomic mass is 10.0. The molecule has 1 aromatic rings. The summed E-state index contributed by atoms with van der Waals surface area (Å²) in [7, 11) is -3.65. The topological polar surface area (TPSA) is 115 Å². The molecule has 0 radical (unpaired) electrons. The fraction of sp³-hybridized carbons (Fsp3) is 0.600. The van der Waals surface area contributed by atoms with E-state index in [0.717, 1.165) is 0 Å². The quantitative estimate of drug-likeness (QED) is 0.678. The molecule has 0 amide bonds. The zero-order chi connectivity index (χ0) is 13.9. The average Bonchev–Trinajstić information content (AvgIpc) is 2.90. The number of carboxylic acids is 1. The average molecular weight is 288 g/mol. The Hall–Kier alpha value is -1.45. The van der Waals surface area contributed by atoms with Crippen LogP contribution < -0.4 is 4.72 Å². The van der Waals surface area contributed by atoms with Crippen molar-refractivity contribution < 1.29 is 18.3 Å². The molecule has 9 heteroatoms. The molecule has 0 saturated carbocycles. The summed E-state index contributed by atoms with van der Waals surface area (Å²) in [6, 6.07) is 0. The molecule has 1 saturated heterocycles. The Labute approximate surface area is 111 Å². The Morgan fingerprint density at radius 1 is 1.63 bits per heavy atom. The summed E-state index contributed by atoms with van der Waals surface area (Å²) in [5.41, 5.74) is 0.648. The van der Waals surface area contributed by atoms with E-state index in [1.807, 2.05) is 0 Å². The van der Waals surface area contributed by atoms with Crippen LogP contribution >= 0.6 is 0 Å². The Morgan fingerprint density at radius 2 is 2.42 bits per heavy atom. The molecule has 1 unspecified atom stereocenters. The largest absolute Gasteiger partial charge is 0.481 e. The molecule has 1 atom stereocenters. The molecular weight excluding hydrogens is 272 g/mol. The van der Waals surface area contributed by atoms with E-state index in [2.05, 4.69) is 14.7 Å². The molecule has 1 aliphatic heterocycles. The summed E-state index contributed by atoms with van der Waals surface area (Å²) in [5, 5.41) is 8.95. The van der Waals surface area contributed by atoms with Gasteiger partial charge in [0.05, 0.1) is 18.8 Å². The highest BCUT2D eigenvalue weighted by molar-refractivity contribution is 7.87. The first-order valence-electron chi connectivity index (χ1n) is 5.94. The molecule has 8 nitrogen and oxygen atoms in total. The van der Waals surface area contributed by atoms with Crippen LogP contribution in [0.2, 0.25) is 0 Å². The van der Waals surface area contributed by atoms with Crippen molar-refractivity contribution in [2.45, 2.75) is 19.4 Å². The Kier molecular flexibility index (Phi) is 4.17. The number of hydrogen-bond acceptors (Lipinski definition) is 4. The van der Waals surface area contributed by atoms with Crippen molar-refractivity contribution in [1.29, 1.82) is 0 Å². The molecule has 2 rings (SSSR count). The van der Waals surface area contributed by atoms with Gasteiger partial charge < -0.3 is 10.1 Å². The highest BCUT2D eigenvalue weighted by Crippen LogP contribution is 2.18. The molecule has 106 valence electrons. The maximum atomic E-state index is 12.0. The van der Waals surface area contributed by atoms with E-state index in [9.17, 15) is 13.2 Å². The second kappa shape index (κ2) is 5.68. The molecule has 0 bridgehead atoms. The molecule has 2 heterocycles. The summed E-state index contributed by atoms with van der Waals surface area (Å²) in [4.78, 5) is 17.5. The van der Waals surface area contributed by atoms with Crippen LogP contribution in [0.3, 0.4) is 0 Å². The van der Waals surface area contributed by atoms with Crippen LogP contribution in [0.5, 0.6) is 0 Å². The molecule has 1 aliphatic rings. The van der Waals surface area contributed by atoms with Crippen molar-refractivity contribution in [2.24, 2.45) is 5.92 Å². The predicted molar refractivity (Wildman–Crippen MR) is 66.3 cm³/mol. The zero-order valence-electron chi connectivity index (χ0n) is 10.2. The van der Waals surface area contributed by atoms with Crippen molar-refractivity contribution in [2.75, 3.05) is 13.1 Å². The number of aliphatic carboxylic acids is 1. The number of hydrogen-bond donors (Lipinski definition) is 3. The molecule has 1 aromatic heterocycles. The second-order valence-corrected chi connectivity index (χ2v) is 6.19. The van der Waals surface area contributed by atoms with Crippen molar-refractivity contribution in [3.05, 3.63) is 18.2 Å². The maximum Gasteiger partial charge on any atom is 0.307 e. The predicted octanol–water partition coefficient (Wildman–Crippen LogP) is -0.459. The van der Waals surface area contributed by atoms with Gasteiger partial charge in [0, 0.05) is 25.0 Å². The van der Waals surface area contributed by atoms with E-state index in [-0.39, 0.29) is 13.1 Å². The van der Waals surface area contributed by atoms with E-state index in [1.54, 1.807) is 0 Å². The van der Waals surface area contributed by atoms with Gasteiger partial charge in [-0.25, -0.2) is 4.98 Å². The van der Waals surface area contributed by atoms with Crippen LogP contribution in [-0.2, 0) is 21.5 Å². The zero-order valence-corrected chi connectivity index (χ0v) is 11.1. The van der Waals surface area contributed by atoms with E-state index < -0.39 is 22.1 Å². The van der Waals surface area contributed by atoms with Crippen LogP contribution in [0, 0.1) is 5.92 Å². The number of carboxylic acid groups (broad SMARTS) is 1. The van der Waals surface area contributed by atoms with Gasteiger partial charge in [-0.15, -0.1) is 0 Å². The summed E-state index contributed by atoms with van der Waals surface area (Å²) in [5.74, 6) is -1.58. The molecule has 0 aliphatic carbocycles. The second-order valence-electron chi connectivity index (χ2n) is 4.44. The number of nitrogens with one attached hydrogen (secondary N) is 2. The number of imidazole rings is 1. The first-order valence-corrected chi connectivity index (χ1v) is 7.38. The summed E-state index contributed by atoms with van der Waals surface area (Å²) in [6.07, 6.45) is 4.06. The normalized spacial score (nSPS) is 21.4. The molecule has 0 spiro atoms. The SMILES string of the molecule is O=C(O)C1CCCN(S(=O)(=O)NCc2cnc[nH]2)C1. The summed E-state index contributed by atoms with van der Waals surface area (Å²) >= 11 is 0. The van der Waals surface area contributed by atoms with Gasteiger partial charge in [-0.3, -0.25) is 4.79 Å². The van der Waals surface area contributed by atoms with Crippen molar-refractivity contribution in [3.63, 3.8) is 0 Å². The van der Waals surface area contributed by atoms with Gasteiger partial charge in [0.1, 0.15) is 0 Å². The number of nitrogens with zero attached hydrogens (tertiary/aromatic N) is 2. The lowest BCUT2D eigenvalue weighted by Gasteiger charge is -2.29. The summed E-state index contributed by atoms with van der Waals surface area (Å²) < 4.78 is 27.7. The first-order chi connectivity index (χ1) is 8.99. The Balaban J connectivity index is 1.96. The Morgan fingerprint density at radius 3 is 3.05 bits per heavy atom. The van der Waals surface area contributed by atoms with Gasteiger partial charge >= 0.3 is 5.97 Å². The molecule has 3 N–H and O–H groups in total. The Bertz CT molecular complexity index is 528. The van der Waals surface area contributed by atoms with E-state index in [1.165, 1.54) is 16.8 Å². The fourth-order valence-electron chi connectivity index (χ4n) is 2.00. The molecular formula is C10H16N4O4S. The van der Waals surface area contributed by atoms with Crippen LogP contribution in [-0.4, -0.2) is 46.9 Å². The third-order valence-electron chi connectivity index (χ3n) is 3.07. The first kappa shape index (κ1) is 14.0. The van der Waals surface area contributed by atoms with E-state index in [0.29, 0.717) is 25.1 Å². The number of aromatic amines is 1. The van der Waals surface area contributed by atoms with Gasteiger partial charge in [0.15, 0.2) is 0 Å². The lowest BCUT2D eigenvalue weighted by Crippen LogP contribution is -2.47. The number of rotatable bonds is 5. The minimum atomic E-state index is -3.65.